The number of rotatable bonds is 27. The van der Waals surface area contributed by atoms with Gasteiger partial charge in [0.05, 0.1) is 0 Å². The summed E-state index contributed by atoms with van der Waals surface area (Å²) in [5.41, 5.74) is 4.90. The van der Waals surface area contributed by atoms with Gasteiger partial charge >= 0.3 is 11.9 Å². The van der Waals surface area contributed by atoms with Crippen LogP contribution in [0.25, 0.3) is 0 Å². The zero-order valence-electron chi connectivity index (χ0n) is 51.9. The first-order valence-electron chi connectivity index (χ1n) is 33.8. The third-order valence-electron chi connectivity index (χ3n) is 25.5. The van der Waals surface area contributed by atoms with E-state index in [0.29, 0.717) is 34.5 Å². The van der Waals surface area contributed by atoms with E-state index < -0.39 is 0 Å². The van der Waals surface area contributed by atoms with Crippen molar-refractivity contribution in [1.82, 2.24) is 4.90 Å². The Morgan fingerprint density at radius 1 is 0.539 bits per heavy atom. The number of carbonyl (C=O) groups is 2. The Morgan fingerprint density at radius 3 is 1.47 bits per heavy atom. The number of hydrogen-bond acceptors (Lipinski definition) is 5. The minimum atomic E-state index is 0.0277. The molecule has 0 N–H and O–H groups in total. The average Bonchev–Trinajstić information content (AvgIpc) is 3.94. The van der Waals surface area contributed by atoms with Gasteiger partial charge in [-0.15, -0.1) is 0 Å². The van der Waals surface area contributed by atoms with Crippen LogP contribution in [0.15, 0.2) is 23.3 Å². The molecule has 76 heavy (non-hydrogen) atoms. The van der Waals surface area contributed by atoms with Crippen LogP contribution < -0.4 is 0 Å². The molecule has 0 aromatic carbocycles. The summed E-state index contributed by atoms with van der Waals surface area (Å²) in [4.78, 5) is 28.9. The van der Waals surface area contributed by atoms with Crippen LogP contribution in [0, 0.1) is 98.6 Å². The van der Waals surface area contributed by atoms with Gasteiger partial charge in [-0.25, -0.2) is 0 Å². The van der Waals surface area contributed by atoms with E-state index in [1.165, 1.54) is 128 Å². The molecule has 0 aromatic heterocycles. The molecule has 6 fully saturated rings. The molecule has 0 radical (unpaired) electrons. The summed E-state index contributed by atoms with van der Waals surface area (Å²) in [6.07, 6.45) is 42.8. The van der Waals surface area contributed by atoms with Gasteiger partial charge in [-0.2, -0.15) is 0 Å². The number of fused-ring (bicyclic) bond motifs is 10. The summed E-state index contributed by atoms with van der Waals surface area (Å²) in [5, 5.41) is 0. The molecule has 0 saturated heterocycles. The second kappa shape index (κ2) is 26.5. The lowest BCUT2D eigenvalue weighted by Crippen LogP contribution is -2.51. The summed E-state index contributed by atoms with van der Waals surface area (Å²) >= 11 is 0. The number of hydrogen-bond donors (Lipinski definition) is 0. The standard InChI is InChI=1S/C71H121NO4/c1-13-53(50(5)6)28-27-52(8)61-34-36-63-59-32-30-55-48-57(38-42-69(55,10)65(59)40-44-71(61,63)12)76-67(74)26-19-17-21-46-72(14-2)45-20-16-15-18-25-66(73)75-56-37-41-68(9)54(47-56)29-31-58-62-35-33-60(51(7)24-22-23-49(3)4)70(62,11)43-39-64(58)68/h29-30,49-53,56-65H,13-28,31-48H2,1-12H3. The minimum absolute atomic E-state index is 0.0277. The Morgan fingerprint density at radius 2 is 1.01 bits per heavy atom. The van der Waals surface area contributed by atoms with Crippen LogP contribution in [-0.2, 0) is 19.1 Å². The predicted molar refractivity (Wildman–Crippen MR) is 319 cm³/mol. The topological polar surface area (TPSA) is 55.8 Å². The molecule has 5 heteroatoms. The van der Waals surface area contributed by atoms with E-state index in [9.17, 15) is 9.59 Å². The fourth-order valence-corrected chi connectivity index (χ4v) is 20.8. The predicted octanol–water partition coefficient (Wildman–Crippen LogP) is 19.4. The maximum Gasteiger partial charge on any atom is 0.306 e. The van der Waals surface area contributed by atoms with E-state index >= 15 is 0 Å². The van der Waals surface area contributed by atoms with Crippen molar-refractivity contribution < 1.29 is 19.1 Å². The number of carbonyl (C=O) groups excluding carboxylic acids is 2. The van der Waals surface area contributed by atoms with Gasteiger partial charge in [0.1, 0.15) is 12.2 Å². The highest BCUT2D eigenvalue weighted by molar-refractivity contribution is 5.70. The van der Waals surface area contributed by atoms with Crippen molar-refractivity contribution in [2.75, 3.05) is 19.6 Å². The average molecular weight is 1050 g/mol. The molecule has 434 valence electrons. The van der Waals surface area contributed by atoms with E-state index in [0.717, 1.165) is 154 Å². The highest BCUT2D eigenvalue weighted by Gasteiger charge is 2.61. The van der Waals surface area contributed by atoms with E-state index in [1.807, 2.05) is 0 Å². The molecule has 8 rings (SSSR count). The number of esters is 2. The fraction of sp³-hybridized carbons (Fsp3) is 0.915. The van der Waals surface area contributed by atoms with Crippen LogP contribution >= 0.6 is 0 Å². The molecule has 0 aromatic rings. The van der Waals surface area contributed by atoms with Crippen LogP contribution in [0.1, 0.15) is 282 Å². The van der Waals surface area contributed by atoms with Crippen molar-refractivity contribution in [3.8, 4) is 0 Å². The Kier molecular flexibility index (Phi) is 21.1. The Labute approximate surface area is 469 Å². The molecule has 0 spiro atoms. The van der Waals surface area contributed by atoms with E-state index in [2.05, 4.69) is 100 Å². The molecule has 0 aliphatic heterocycles. The number of nitrogens with zero attached hydrogens (tertiary/aromatic N) is 1. The number of allylic oxidation sites excluding steroid dienone is 2. The highest BCUT2D eigenvalue weighted by atomic mass is 16.5. The van der Waals surface area contributed by atoms with Crippen LogP contribution in [-0.4, -0.2) is 48.7 Å². The smallest absolute Gasteiger partial charge is 0.306 e. The highest BCUT2D eigenvalue weighted by Crippen LogP contribution is 2.69. The molecule has 0 amide bonds. The molecule has 8 aliphatic carbocycles. The van der Waals surface area contributed by atoms with Gasteiger partial charge in [0, 0.05) is 25.7 Å². The van der Waals surface area contributed by atoms with E-state index in [4.69, 9.17) is 9.47 Å². The van der Waals surface area contributed by atoms with Crippen molar-refractivity contribution in [1.29, 1.82) is 0 Å². The largest absolute Gasteiger partial charge is 0.462 e. The maximum atomic E-state index is 13.2. The Bertz CT molecular complexity index is 1930. The van der Waals surface area contributed by atoms with Gasteiger partial charge in [-0.1, -0.05) is 158 Å². The summed E-state index contributed by atoms with van der Waals surface area (Å²) in [6, 6.07) is 0. The first kappa shape index (κ1) is 60.5. The normalized spacial score (nSPS) is 38.0. The SMILES string of the molecule is CCC(CCC(C)C1CCC2C3CC=C4CC(OC(=O)CCCCCN(CC)CCCCCCC(=O)OC5CCC6(C)C(=CCC7C6CCC6(C)C(C(C)CCCC(C)C)CCC76)C5)CCC4(C)C3CCC12C)C(C)C. The van der Waals surface area contributed by atoms with Gasteiger partial charge in [-0.05, 0) is 240 Å². The molecule has 17 unspecified atom stereocenters. The molecule has 8 aliphatic rings. The van der Waals surface area contributed by atoms with Gasteiger partial charge in [0.15, 0.2) is 0 Å². The maximum absolute atomic E-state index is 13.2. The van der Waals surface area contributed by atoms with Crippen molar-refractivity contribution in [3.05, 3.63) is 23.3 Å². The third kappa shape index (κ3) is 13.3. The first-order chi connectivity index (χ1) is 36.3. The third-order valence-corrected chi connectivity index (χ3v) is 25.5. The van der Waals surface area contributed by atoms with Crippen LogP contribution in [0.4, 0.5) is 0 Å². The zero-order chi connectivity index (χ0) is 54.4. The molecular weight excluding hydrogens is 931 g/mol. The van der Waals surface area contributed by atoms with Crippen LogP contribution in [0.2, 0.25) is 0 Å². The molecule has 5 nitrogen and oxygen atoms in total. The molecule has 0 heterocycles. The van der Waals surface area contributed by atoms with Gasteiger partial charge in [0.2, 0.25) is 0 Å². The van der Waals surface area contributed by atoms with E-state index in [1.54, 1.807) is 11.1 Å². The molecule has 17 atom stereocenters. The molecular formula is C71H121NO4. The summed E-state index contributed by atoms with van der Waals surface area (Å²) < 4.78 is 12.5. The Hall–Kier alpha value is -1.62. The monoisotopic (exact) mass is 1050 g/mol. The van der Waals surface area contributed by atoms with Crippen LogP contribution in [0.3, 0.4) is 0 Å². The van der Waals surface area contributed by atoms with Gasteiger partial charge in [0.25, 0.3) is 0 Å². The second-order valence-electron chi connectivity index (χ2n) is 30.4. The van der Waals surface area contributed by atoms with E-state index in [-0.39, 0.29) is 24.1 Å². The molecule has 6 saturated carbocycles. The first-order valence-corrected chi connectivity index (χ1v) is 33.8. The van der Waals surface area contributed by atoms with Crippen LogP contribution in [0.5, 0.6) is 0 Å². The summed E-state index contributed by atoms with van der Waals surface area (Å²) in [7, 11) is 0. The quantitative estimate of drug-likeness (QED) is 0.0466. The lowest BCUT2D eigenvalue weighted by Gasteiger charge is -2.58. The fourth-order valence-electron chi connectivity index (χ4n) is 20.8. The summed E-state index contributed by atoms with van der Waals surface area (Å²) in [5.74, 6) is 11.2. The number of ether oxygens (including phenoxy) is 2. The van der Waals surface area contributed by atoms with Gasteiger partial charge < -0.3 is 14.4 Å². The minimum Gasteiger partial charge on any atom is -0.462 e. The van der Waals surface area contributed by atoms with Crippen molar-refractivity contribution in [3.63, 3.8) is 0 Å². The van der Waals surface area contributed by atoms with Crippen molar-refractivity contribution >= 4 is 11.9 Å². The number of unbranched alkanes of at least 4 members (excludes halogenated alkanes) is 5. The molecule has 0 bridgehead atoms. The summed E-state index contributed by atoms with van der Waals surface area (Å²) in [6.45, 7) is 33.4. The lowest BCUT2D eigenvalue weighted by molar-refractivity contribution is -0.152. The zero-order valence-corrected chi connectivity index (χ0v) is 51.9. The Balaban J connectivity index is 0.666. The van der Waals surface area contributed by atoms with Crippen molar-refractivity contribution in [2.45, 2.75) is 294 Å². The second-order valence-corrected chi connectivity index (χ2v) is 30.4. The van der Waals surface area contributed by atoms with Crippen molar-refractivity contribution in [2.24, 2.45) is 98.6 Å². The lowest BCUT2D eigenvalue weighted by atomic mass is 9.47. The van der Waals surface area contributed by atoms with Gasteiger partial charge in [-0.3, -0.25) is 9.59 Å².